The standard InChI is InChI=1S/C30H15BF15O3/c1-2-47-7-8-48-9-10-49-12-5-3-11(4-6-12)31(13-16(32)22(38)28(44)23(39)17(13)33,14-18(34)24(40)29(45)25(41)19(14)35)15-20(36)26(42)30(46)27(43)21(15)37/h2-6H,1,7-10H2/q-1. The Kier molecular flexibility index (Phi) is 10.8. The van der Waals surface area contributed by atoms with Crippen LogP contribution in [0.1, 0.15) is 0 Å². The SMILES string of the molecule is C=COCCOCCOc1ccc([B-](c2c(F)c(F)c(F)c(F)c2F)(c2c(F)c(F)c(F)c(F)c2F)c2c(F)c(F)c(F)c(F)c2F)cc1. The number of hydrogen-bond acceptors (Lipinski definition) is 3. The van der Waals surface area contributed by atoms with Gasteiger partial charge in [0.05, 0.1) is 19.5 Å². The Labute approximate surface area is 265 Å². The lowest BCUT2D eigenvalue weighted by atomic mass is 9.12. The van der Waals surface area contributed by atoms with Gasteiger partial charge in [0.1, 0.15) is 60.0 Å². The summed E-state index contributed by atoms with van der Waals surface area (Å²) in [6, 6.07) is 1.97. The van der Waals surface area contributed by atoms with Crippen molar-refractivity contribution in [1.29, 1.82) is 0 Å². The molecule has 0 aliphatic rings. The third-order valence-corrected chi connectivity index (χ3v) is 7.37. The van der Waals surface area contributed by atoms with Crippen LogP contribution < -0.4 is 26.6 Å². The van der Waals surface area contributed by atoms with E-state index in [0.717, 1.165) is 6.26 Å². The number of hydrogen-bond donors (Lipinski definition) is 0. The average Bonchev–Trinajstić information content (AvgIpc) is 3.09. The van der Waals surface area contributed by atoms with Crippen molar-refractivity contribution in [2.24, 2.45) is 0 Å². The molecule has 3 nitrogen and oxygen atoms in total. The minimum absolute atomic E-state index is 0.0328. The fourth-order valence-corrected chi connectivity index (χ4v) is 5.30. The van der Waals surface area contributed by atoms with Gasteiger partial charge in [-0.25, -0.2) is 65.9 Å². The monoisotopic (exact) mass is 719 g/mol. The van der Waals surface area contributed by atoms with E-state index < -0.39 is 115 Å². The summed E-state index contributed by atoms with van der Waals surface area (Å²) < 4.78 is 240. The summed E-state index contributed by atoms with van der Waals surface area (Å²) in [5.74, 6) is -46.4. The first kappa shape index (κ1) is 37.0. The van der Waals surface area contributed by atoms with E-state index in [-0.39, 0.29) is 32.2 Å². The largest absolute Gasteiger partial charge is 0.499 e. The van der Waals surface area contributed by atoms with Crippen molar-refractivity contribution in [2.75, 3.05) is 26.4 Å². The second-order valence-corrected chi connectivity index (χ2v) is 9.88. The minimum atomic E-state index is -5.86. The van der Waals surface area contributed by atoms with E-state index in [1.807, 2.05) is 0 Å². The number of halogens is 15. The molecule has 0 radical (unpaired) electrons. The lowest BCUT2D eigenvalue weighted by Gasteiger charge is -2.44. The molecule has 0 saturated heterocycles. The Hall–Kier alpha value is -4.81. The van der Waals surface area contributed by atoms with E-state index in [2.05, 4.69) is 6.58 Å². The first-order chi connectivity index (χ1) is 23.1. The zero-order chi connectivity index (χ0) is 36.5. The van der Waals surface area contributed by atoms with E-state index >= 15 is 26.3 Å². The molecule has 0 aromatic heterocycles. The normalized spacial score (nSPS) is 11.7. The fraction of sp³-hybridized carbons (Fsp3) is 0.133. The summed E-state index contributed by atoms with van der Waals surface area (Å²) in [5, 5.41) is 0. The van der Waals surface area contributed by atoms with E-state index in [1.54, 1.807) is 0 Å². The fourth-order valence-electron chi connectivity index (χ4n) is 5.30. The molecule has 19 heteroatoms. The highest BCUT2D eigenvalue weighted by Gasteiger charge is 2.49. The van der Waals surface area contributed by atoms with Gasteiger partial charge in [-0.05, 0) is 12.1 Å². The highest BCUT2D eigenvalue weighted by molar-refractivity contribution is 7.20. The van der Waals surface area contributed by atoms with Crippen molar-refractivity contribution in [3.05, 3.63) is 124 Å². The molecule has 0 heterocycles. The van der Waals surface area contributed by atoms with E-state index in [9.17, 15) is 39.5 Å². The Morgan fingerprint density at radius 2 is 0.735 bits per heavy atom. The van der Waals surface area contributed by atoms with Gasteiger partial charge < -0.3 is 14.2 Å². The smallest absolute Gasteiger partial charge is 0.200 e. The van der Waals surface area contributed by atoms with Crippen molar-refractivity contribution >= 4 is 28.0 Å². The third-order valence-electron chi connectivity index (χ3n) is 7.37. The molecular formula is C30H15BF15O3-. The van der Waals surface area contributed by atoms with E-state index in [0.29, 0.717) is 24.3 Å². The van der Waals surface area contributed by atoms with Crippen molar-refractivity contribution < 1.29 is 80.1 Å². The van der Waals surface area contributed by atoms with Crippen LogP contribution >= 0.6 is 0 Å². The van der Waals surface area contributed by atoms with Crippen LogP contribution in [0.4, 0.5) is 65.9 Å². The van der Waals surface area contributed by atoms with Crippen LogP contribution in [0.2, 0.25) is 0 Å². The molecule has 0 amide bonds. The van der Waals surface area contributed by atoms with Crippen LogP contribution in [0.15, 0.2) is 37.1 Å². The Balaban J connectivity index is 2.20. The number of ether oxygens (including phenoxy) is 3. The van der Waals surface area contributed by atoms with Crippen LogP contribution in [0.5, 0.6) is 5.75 Å². The molecule has 0 bridgehead atoms. The predicted molar refractivity (Wildman–Crippen MR) is 142 cm³/mol. The number of benzene rings is 4. The van der Waals surface area contributed by atoms with Crippen molar-refractivity contribution in [1.82, 2.24) is 0 Å². The Bertz CT molecular complexity index is 1680. The molecule has 0 spiro atoms. The first-order valence-corrected chi connectivity index (χ1v) is 13.3. The lowest BCUT2D eigenvalue weighted by Crippen LogP contribution is -2.79. The van der Waals surface area contributed by atoms with Crippen molar-refractivity contribution in [3.63, 3.8) is 0 Å². The molecule has 4 aromatic rings. The molecule has 0 aliphatic heterocycles. The summed E-state index contributed by atoms with van der Waals surface area (Å²) >= 11 is 0. The van der Waals surface area contributed by atoms with Gasteiger partial charge in [-0.1, -0.05) is 18.7 Å². The van der Waals surface area contributed by atoms with Crippen molar-refractivity contribution in [3.8, 4) is 5.75 Å². The van der Waals surface area contributed by atoms with Crippen LogP contribution in [-0.4, -0.2) is 32.6 Å². The lowest BCUT2D eigenvalue weighted by molar-refractivity contribution is 0.0654. The topological polar surface area (TPSA) is 27.7 Å². The molecule has 4 aromatic carbocycles. The van der Waals surface area contributed by atoms with Gasteiger partial charge >= 0.3 is 0 Å². The molecule has 262 valence electrons. The molecule has 0 fully saturated rings. The van der Waals surface area contributed by atoms with E-state index in [4.69, 9.17) is 14.2 Å². The third kappa shape index (κ3) is 6.04. The summed E-state index contributed by atoms with van der Waals surface area (Å²) in [6.45, 7) is 2.94. The molecule has 0 aliphatic carbocycles. The van der Waals surface area contributed by atoms with Crippen LogP contribution in [0, 0.1) is 87.3 Å². The Morgan fingerprint density at radius 3 is 1.06 bits per heavy atom. The second kappa shape index (κ2) is 14.4. The maximum Gasteiger partial charge on any atom is 0.200 e. The molecule has 0 atom stereocenters. The van der Waals surface area contributed by atoms with Gasteiger partial charge in [-0.2, -0.15) is 5.46 Å². The summed E-state index contributed by atoms with van der Waals surface area (Å²) in [5.41, 5.74) is -9.68. The van der Waals surface area contributed by atoms with Crippen LogP contribution in [0.3, 0.4) is 0 Å². The summed E-state index contributed by atoms with van der Waals surface area (Å²) in [4.78, 5) is 0. The van der Waals surface area contributed by atoms with Crippen LogP contribution in [-0.2, 0) is 9.47 Å². The number of rotatable bonds is 12. The summed E-state index contributed by atoms with van der Waals surface area (Å²) in [7, 11) is 0. The molecule has 0 unspecified atom stereocenters. The molecule has 0 saturated carbocycles. The minimum Gasteiger partial charge on any atom is -0.499 e. The van der Waals surface area contributed by atoms with Crippen molar-refractivity contribution in [2.45, 2.75) is 0 Å². The van der Waals surface area contributed by atoms with Gasteiger partial charge in [-0.15, -0.1) is 16.4 Å². The summed E-state index contributed by atoms with van der Waals surface area (Å²) in [6.07, 6.45) is -4.74. The molecule has 0 N–H and O–H groups in total. The maximum absolute atomic E-state index is 15.7. The highest BCUT2D eigenvalue weighted by atomic mass is 19.2. The first-order valence-electron chi connectivity index (χ1n) is 13.3. The molecular weight excluding hydrogens is 704 g/mol. The maximum atomic E-state index is 15.7. The van der Waals surface area contributed by atoms with Gasteiger partial charge in [0, 0.05) is 0 Å². The van der Waals surface area contributed by atoms with Gasteiger partial charge in [0.2, 0.25) is 0 Å². The average molecular weight is 719 g/mol. The van der Waals surface area contributed by atoms with Gasteiger partial charge in [0.25, 0.3) is 0 Å². The quantitative estimate of drug-likeness (QED) is 0.0470. The zero-order valence-electron chi connectivity index (χ0n) is 23.9. The predicted octanol–water partition coefficient (Wildman–Crippen LogP) is 5.71. The van der Waals surface area contributed by atoms with Gasteiger partial charge in [-0.3, -0.25) is 0 Å². The van der Waals surface area contributed by atoms with Gasteiger partial charge in [0.15, 0.2) is 52.4 Å². The zero-order valence-corrected chi connectivity index (χ0v) is 23.9. The molecule has 4 rings (SSSR count). The second-order valence-electron chi connectivity index (χ2n) is 9.88. The highest BCUT2D eigenvalue weighted by Crippen LogP contribution is 2.28. The van der Waals surface area contributed by atoms with Crippen LogP contribution in [0.25, 0.3) is 0 Å². The molecule has 49 heavy (non-hydrogen) atoms. The van der Waals surface area contributed by atoms with E-state index in [1.165, 1.54) is 0 Å². The Morgan fingerprint density at radius 1 is 0.429 bits per heavy atom.